The summed E-state index contributed by atoms with van der Waals surface area (Å²) in [6, 6.07) is 11.5. The van der Waals surface area contributed by atoms with Gasteiger partial charge in [0.1, 0.15) is 19.0 Å². The predicted molar refractivity (Wildman–Crippen MR) is 121 cm³/mol. The molecule has 1 N–H and O–H groups in total. The number of hydrogen-bond acceptors (Lipinski definition) is 8. The number of hydrogen-bond donors (Lipinski definition) is 1. The molecule has 0 unspecified atom stereocenters. The number of carbonyl (C=O) groups excluding carboxylic acids is 1. The third-order valence-corrected chi connectivity index (χ3v) is 6.06. The largest absolute Gasteiger partial charge is 0.486 e. The van der Waals surface area contributed by atoms with Gasteiger partial charge in [-0.1, -0.05) is 17.8 Å². The number of fused-ring (bicyclic) bond motifs is 1. The van der Waals surface area contributed by atoms with Crippen LogP contribution in [0.1, 0.15) is 0 Å². The Labute approximate surface area is 193 Å². The van der Waals surface area contributed by atoms with E-state index in [4.69, 9.17) is 14.2 Å². The Balaban J connectivity index is 1.32. The van der Waals surface area contributed by atoms with Crippen LogP contribution in [0.5, 0.6) is 11.5 Å². The lowest BCUT2D eigenvalue weighted by Gasteiger charge is -2.27. The third kappa shape index (κ3) is 4.88. The van der Waals surface area contributed by atoms with Gasteiger partial charge >= 0.3 is 0 Å². The van der Waals surface area contributed by atoms with E-state index in [2.05, 4.69) is 15.5 Å². The quantitative estimate of drug-likeness (QED) is 0.549. The van der Waals surface area contributed by atoms with E-state index in [9.17, 15) is 9.18 Å². The SMILES string of the molecule is O=C(CSc1nnc(N2CCOCC2)n1-c1cccc(F)c1)Nc1ccc2c(c1)OCCO2. The van der Waals surface area contributed by atoms with Crippen LogP contribution >= 0.6 is 11.8 Å². The van der Waals surface area contributed by atoms with Crippen LogP contribution in [0.3, 0.4) is 0 Å². The van der Waals surface area contributed by atoms with Crippen molar-refractivity contribution in [3.05, 3.63) is 48.3 Å². The Morgan fingerprint density at radius 2 is 1.85 bits per heavy atom. The average molecular weight is 472 g/mol. The van der Waals surface area contributed by atoms with E-state index in [0.717, 1.165) is 0 Å². The standard InChI is InChI=1S/C22H22FN5O4S/c23-15-2-1-3-17(12-15)28-21(27-6-8-30-9-7-27)25-26-22(28)33-14-20(29)24-16-4-5-18-19(13-16)32-11-10-31-18/h1-5,12-13H,6-11,14H2,(H,24,29). The number of thioether (sulfide) groups is 1. The molecule has 0 saturated carbocycles. The lowest BCUT2D eigenvalue weighted by molar-refractivity contribution is -0.113. The molecule has 3 aromatic rings. The zero-order valence-electron chi connectivity index (χ0n) is 17.7. The number of morpholine rings is 1. The average Bonchev–Trinajstić information content (AvgIpc) is 3.27. The molecule has 1 amide bonds. The zero-order valence-corrected chi connectivity index (χ0v) is 18.5. The molecule has 1 aromatic heterocycles. The van der Waals surface area contributed by atoms with Crippen molar-refractivity contribution in [1.29, 1.82) is 0 Å². The maximum absolute atomic E-state index is 14.0. The van der Waals surface area contributed by atoms with E-state index < -0.39 is 0 Å². The first-order chi connectivity index (χ1) is 16.2. The molecule has 9 nitrogen and oxygen atoms in total. The van der Waals surface area contributed by atoms with Crippen LogP contribution in [0, 0.1) is 5.82 Å². The molecule has 0 bridgehead atoms. The topological polar surface area (TPSA) is 90.7 Å². The highest BCUT2D eigenvalue weighted by atomic mass is 32.2. The number of rotatable bonds is 6. The summed E-state index contributed by atoms with van der Waals surface area (Å²) in [4.78, 5) is 14.7. The molecule has 1 saturated heterocycles. The summed E-state index contributed by atoms with van der Waals surface area (Å²) in [6.45, 7) is 3.45. The highest BCUT2D eigenvalue weighted by molar-refractivity contribution is 7.99. The lowest BCUT2D eigenvalue weighted by atomic mass is 10.2. The van der Waals surface area contributed by atoms with Gasteiger partial charge in [0.2, 0.25) is 11.9 Å². The molecule has 2 aromatic carbocycles. The van der Waals surface area contributed by atoms with Crippen LogP contribution < -0.4 is 19.7 Å². The van der Waals surface area contributed by atoms with Gasteiger partial charge in [0.05, 0.1) is 24.7 Å². The number of aromatic nitrogens is 3. The van der Waals surface area contributed by atoms with Gasteiger partial charge in [0.15, 0.2) is 16.7 Å². The summed E-state index contributed by atoms with van der Waals surface area (Å²) in [7, 11) is 0. The fraction of sp³-hybridized carbons (Fsp3) is 0.318. The zero-order chi connectivity index (χ0) is 22.6. The molecule has 33 heavy (non-hydrogen) atoms. The molecule has 1 fully saturated rings. The van der Waals surface area contributed by atoms with Gasteiger partial charge in [-0.15, -0.1) is 10.2 Å². The fourth-order valence-electron chi connectivity index (χ4n) is 3.61. The van der Waals surface area contributed by atoms with E-state index in [1.165, 1.54) is 23.9 Å². The minimum absolute atomic E-state index is 0.102. The number of nitrogens with zero attached hydrogens (tertiary/aromatic N) is 4. The normalized spacial score (nSPS) is 15.4. The summed E-state index contributed by atoms with van der Waals surface area (Å²) < 4.78 is 32.2. The Morgan fingerprint density at radius 1 is 1.03 bits per heavy atom. The van der Waals surface area contributed by atoms with E-state index in [0.29, 0.717) is 73.5 Å². The first kappa shape index (κ1) is 21.5. The van der Waals surface area contributed by atoms with Crippen molar-refractivity contribution in [2.45, 2.75) is 5.16 Å². The minimum Gasteiger partial charge on any atom is -0.486 e. The maximum atomic E-state index is 14.0. The van der Waals surface area contributed by atoms with Crippen molar-refractivity contribution >= 4 is 29.3 Å². The number of anilines is 2. The van der Waals surface area contributed by atoms with Gasteiger partial charge in [-0.3, -0.25) is 9.36 Å². The van der Waals surface area contributed by atoms with Gasteiger partial charge in [0.25, 0.3) is 0 Å². The number of nitrogens with one attached hydrogen (secondary N) is 1. The van der Waals surface area contributed by atoms with Crippen molar-refractivity contribution in [3.63, 3.8) is 0 Å². The van der Waals surface area contributed by atoms with Crippen molar-refractivity contribution in [2.24, 2.45) is 0 Å². The summed E-state index contributed by atoms with van der Waals surface area (Å²) in [6.07, 6.45) is 0. The third-order valence-electron chi connectivity index (χ3n) is 5.13. The number of halogens is 1. The molecule has 172 valence electrons. The second-order valence-electron chi connectivity index (χ2n) is 7.39. The van der Waals surface area contributed by atoms with Gasteiger partial charge < -0.3 is 24.4 Å². The van der Waals surface area contributed by atoms with Gasteiger partial charge in [-0.05, 0) is 30.3 Å². The van der Waals surface area contributed by atoms with Gasteiger partial charge in [0, 0.05) is 24.8 Å². The Morgan fingerprint density at radius 3 is 2.67 bits per heavy atom. The smallest absolute Gasteiger partial charge is 0.234 e. The molecule has 0 aliphatic carbocycles. The van der Waals surface area contributed by atoms with Crippen molar-refractivity contribution in [1.82, 2.24) is 14.8 Å². The Bertz CT molecular complexity index is 1150. The monoisotopic (exact) mass is 471 g/mol. The first-order valence-electron chi connectivity index (χ1n) is 10.5. The maximum Gasteiger partial charge on any atom is 0.234 e. The van der Waals surface area contributed by atoms with Crippen molar-refractivity contribution in [2.75, 3.05) is 55.5 Å². The summed E-state index contributed by atoms with van der Waals surface area (Å²) in [5.41, 5.74) is 1.21. The molecule has 0 radical (unpaired) electrons. The van der Waals surface area contributed by atoms with E-state index in [-0.39, 0.29) is 17.5 Å². The molecular weight excluding hydrogens is 449 g/mol. The summed E-state index contributed by atoms with van der Waals surface area (Å²) >= 11 is 1.23. The molecule has 0 spiro atoms. The van der Waals surface area contributed by atoms with Crippen molar-refractivity contribution < 1.29 is 23.4 Å². The number of benzene rings is 2. The lowest BCUT2D eigenvalue weighted by Crippen LogP contribution is -2.37. The van der Waals surface area contributed by atoms with Crippen LogP contribution in [0.25, 0.3) is 5.69 Å². The highest BCUT2D eigenvalue weighted by Crippen LogP contribution is 2.33. The summed E-state index contributed by atoms with van der Waals surface area (Å²) in [5, 5.41) is 12.0. The minimum atomic E-state index is -0.360. The van der Waals surface area contributed by atoms with Crippen LogP contribution in [-0.4, -0.2) is 65.9 Å². The second-order valence-corrected chi connectivity index (χ2v) is 8.34. The van der Waals surface area contributed by atoms with Crippen LogP contribution in [-0.2, 0) is 9.53 Å². The Kier molecular flexibility index (Phi) is 6.31. The molecule has 2 aliphatic heterocycles. The fourth-order valence-corrected chi connectivity index (χ4v) is 4.36. The first-order valence-corrected chi connectivity index (χ1v) is 11.5. The predicted octanol–water partition coefficient (Wildman–Crippen LogP) is 2.75. The van der Waals surface area contributed by atoms with E-state index in [1.807, 2.05) is 4.90 Å². The molecule has 11 heteroatoms. The summed E-state index contributed by atoms with van der Waals surface area (Å²) in [5.74, 6) is 1.39. The molecule has 0 atom stereocenters. The second kappa shape index (κ2) is 9.67. The van der Waals surface area contributed by atoms with Gasteiger partial charge in [-0.25, -0.2) is 4.39 Å². The highest BCUT2D eigenvalue weighted by Gasteiger charge is 2.23. The van der Waals surface area contributed by atoms with Gasteiger partial charge in [-0.2, -0.15) is 0 Å². The van der Waals surface area contributed by atoms with Crippen LogP contribution in [0.2, 0.25) is 0 Å². The number of amides is 1. The molecule has 5 rings (SSSR count). The van der Waals surface area contributed by atoms with Crippen LogP contribution in [0.4, 0.5) is 16.0 Å². The van der Waals surface area contributed by atoms with Crippen LogP contribution in [0.15, 0.2) is 47.6 Å². The van der Waals surface area contributed by atoms with Crippen molar-refractivity contribution in [3.8, 4) is 17.2 Å². The van der Waals surface area contributed by atoms with E-state index >= 15 is 0 Å². The number of carbonyl (C=O) groups is 1. The number of ether oxygens (including phenoxy) is 3. The molecule has 2 aliphatic rings. The Hall–Kier alpha value is -3.31. The van der Waals surface area contributed by atoms with E-state index in [1.54, 1.807) is 34.9 Å². The molecule has 3 heterocycles. The molecular formula is C22H22FN5O4S.